The van der Waals surface area contributed by atoms with Crippen molar-refractivity contribution in [3.63, 3.8) is 0 Å². The Hall–Kier alpha value is -1.99. The molecule has 124 valence electrons. The molecule has 3 rings (SSSR count). The number of hydrogen-bond acceptors (Lipinski definition) is 3. The Morgan fingerprint density at radius 1 is 1.39 bits per heavy atom. The van der Waals surface area contributed by atoms with Crippen molar-refractivity contribution in [3.05, 3.63) is 53.4 Å². The van der Waals surface area contributed by atoms with Gasteiger partial charge in [0.2, 0.25) is 0 Å². The molecule has 0 aliphatic carbocycles. The third kappa shape index (κ3) is 3.35. The van der Waals surface area contributed by atoms with E-state index in [1.807, 2.05) is 6.20 Å². The number of halogens is 3. The number of aromatic nitrogens is 2. The Balaban J connectivity index is 0.00000192. The minimum Gasteiger partial charge on any atom is -0.329 e. The Morgan fingerprint density at radius 2 is 2.17 bits per heavy atom. The van der Waals surface area contributed by atoms with Crippen LogP contribution in [0.1, 0.15) is 22.0 Å². The molecule has 1 aromatic heterocycles. The van der Waals surface area contributed by atoms with Crippen molar-refractivity contribution in [3.8, 4) is 0 Å². The van der Waals surface area contributed by atoms with Crippen LogP contribution in [0.4, 0.5) is 8.78 Å². The summed E-state index contributed by atoms with van der Waals surface area (Å²) in [6.45, 7) is 1.59. The Bertz CT molecular complexity index is 707. The second-order valence-electron chi connectivity index (χ2n) is 5.27. The zero-order chi connectivity index (χ0) is 15.7. The highest BCUT2D eigenvalue weighted by Crippen LogP contribution is 2.25. The average molecular weight is 343 g/mol. The zero-order valence-corrected chi connectivity index (χ0v) is 13.3. The van der Waals surface area contributed by atoms with Crippen molar-refractivity contribution in [2.24, 2.45) is 7.05 Å². The highest BCUT2D eigenvalue weighted by molar-refractivity contribution is 5.95. The molecule has 0 saturated carbocycles. The largest absolute Gasteiger partial charge is 0.329 e. The van der Waals surface area contributed by atoms with Gasteiger partial charge < -0.3 is 10.2 Å². The summed E-state index contributed by atoms with van der Waals surface area (Å²) in [4.78, 5) is 14.2. The summed E-state index contributed by atoms with van der Waals surface area (Å²) < 4.78 is 28.9. The quantitative estimate of drug-likeness (QED) is 0.907. The molecule has 1 aliphatic rings. The molecule has 1 fully saturated rings. The van der Waals surface area contributed by atoms with E-state index in [4.69, 9.17) is 0 Å². The van der Waals surface area contributed by atoms with E-state index in [1.165, 1.54) is 12.1 Å². The molecular formula is C15H17ClF2N4O. The van der Waals surface area contributed by atoms with Crippen LogP contribution in [0.25, 0.3) is 0 Å². The molecule has 0 bridgehead atoms. The van der Waals surface area contributed by atoms with Gasteiger partial charge in [-0.25, -0.2) is 8.78 Å². The summed E-state index contributed by atoms with van der Waals surface area (Å²) in [7, 11) is 1.79. The first-order chi connectivity index (χ1) is 10.6. The maximum Gasteiger partial charge on any atom is 0.257 e. The number of nitrogens with zero attached hydrogens (tertiary/aromatic N) is 3. The van der Waals surface area contributed by atoms with E-state index in [-0.39, 0.29) is 24.0 Å². The van der Waals surface area contributed by atoms with Gasteiger partial charge in [-0.15, -0.1) is 12.4 Å². The van der Waals surface area contributed by atoms with Crippen LogP contribution >= 0.6 is 12.4 Å². The van der Waals surface area contributed by atoms with Gasteiger partial charge in [-0.2, -0.15) is 5.10 Å². The van der Waals surface area contributed by atoms with Crippen molar-refractivity contribution in [1.82, 2.24) is 20.0 Å². The average Bonchev–Trinajstić information content (AvgIpc) is 2.96. The predicted molar refractivity (Wildman–Crippen MR) is 83.5 cm³/mol. The monoisotopic (exact) mass is 342 g/mol. The van der Waals surface area contributed by atoms with Gasteiger partial charge in [0.05, 0.1) is 17.8 Å². The van der Waals surface area contributed by atoms with Crippen LogP contribution in [0, 0.1) is 11.6 Å². The summed E-state index contributed by atoms with van der Waals surface area (Å²) in [5, 5.41) is 7.31. The minimum atomic E-state index is -1.10. The number of amides is 1. The SMILES string of the molecule is Cl.Cn1cc(C2CNCCN2C(=O)c2cccc(F)c2F)cn1. The lowest BCUT2D eigenvalue weighted by molar-refractivity contribution is 0.0628. The molecule has 1 unspecified atom stereocenters. The number of hydrogen-bond donors (Lipinski definition) is 1. The smallest absolute Gasteiger partial charge is 0.257 e. The molecule has 1 aliphatic heterocycles. The maximum atomic E-state index is 13.9. The Labute approximate surface area is 138 Å². The van der Waals surface area contributed by atoms with Crippen molar-refractivity contribution in [2.75, 3.05) is 19.6 Å². The molecule has 1 aromatic carbocycles. The molecule has 2 aromatic rings. The summed E-state index contributed by atoms with van der Waals surface area (Å²) in [6, 6.07) is 3.40. The molecule has 1 saturated heterocycles. The third-order valence-electron chi connectivity index (χ3n) is 3.80. The molecule has 5 nitrogen and oxygen atoms in total. The fourth-order valence-electron chi connectivity index (χ4n) is 2.68. The predicted octanol–water partition coefficient (Wildman–Crippen LogP) is 1.91. The standard InChI is InChI=1S/C15H16F2N4O.ClH/c1-20-9-10(7-19-20)13-8-18-5-6-21(13)15(22)11-3-2-4-12(16)14(11)17;/h2-4,7,9,13,18H,5-6,8H2,1H3;1H. The molecule has 1 N–H and O–H groups in total. The molecule has 1 amide bonds. The van der Waals surface area contributed by atoms with E-state index >= 15 is 0 Å². The van der Waals surface area contributed by atoms with Gasteiger partial charge in [0.25, 0.3) is 5.91 Å². The molecule has 1 atom stereocenters. The van der Waals surface area contributed by atoms with E-state index < -0.39 is 17.5 Å². The number of carbonyl (C=O) groups excluding carboxylic acids is 1. The second kappa shape index (κ2) is 7.06. The first-order valence-corrected chi connectivity index (χ1v) is 7.02. The van der Waals surface area contributed by atoms with Crippen LogP contribution in [0.5, 0.6) is 0 Å². The summed E-state index contributed by atoms with van der Waals surface area (Å²) >= 11 is 0. The number of benzene rings is 1. The molecule has 0 spiro atoms. The first kappa shape index (κ1) is 17.4. The van der Waals surface area contributed by atoms with Gasteiger partial charge in [-0.05, 0) is 12.1 Å². The number of rotatable bonds is 2. The van der Waals surface area contributed by atoms with Gasteiger partial charge >= 0.3 is 0 Å². The van der Waals surface area contributed by atoms with Crippen LogP contribution in [-0.2, 0) is 7.05 Å². The van der Waals surface area contributed by atoms with Crippen LogP contribution in [0.2, 0.25) is 0 Å². The highest BCUT2D eigenvalue weighted by atomic mass is 35.5. The van der Waals surface area contributed by atoms with Crippen molar-refractivity contribution in [2.45, 2.75) is 6.04 Å². The van der Waals surface area contributed by atoms with Gasteiger partial charge in [-0.3, -0.25) is 9.48 Å². The van der Waals surface area contributed by atoms with Gasteiger partial charge in [0.15, 0.2) is 11.6 Å². The lowest BCUT2D eigenvalue weighted by atomic mass is 10.0. The van der Waals surface area contributed by atoms with Gasteiger partial charge in [0, 0.05) is 38.4 Å². The number of nitrogens with one attached hydrogen (secondary N) is 1. The van der Waals surface area contributed by atoms with Crippen molar-refractivity contribution >= 4 is 18.3 Å². The summed E-state index contributed by atoms with van der Waals surface area (Å²) in [5.41, 5.74) is 0.621. The van der Waals surface area contributed by atoms with E-state index in [9.17, 15) is 13.6 Å². The molecular weight excluding hydrogens is 326 g/mol. The van der Waals surface area contributed by atoms with Crippen molar-refractivity contribution < 1.29 is 13.6 Å². The van der Waals surface area contributed by atoms with Gasteiger partial charge in [0.1, 0.15) is 0 Å². The molecule has 8 heteroatoms. The number of carbonyl (C=O) groups is 1. The van der Waals surface area contributed by atoms with E-state index in [0.29, 0.717) is 19.6 Å². The minimum absolute atomic E-state index is 0. The van der Waals surface area contributed by atoms with E-state index in [0.717, 1.165) is 11.6 Å². The second-order valence-corrected chi connectivity index (χ2v) is 5.27. The summed E-state index contributed by atoms with van der Waals surface area (Å²) in [6.07, 6.45) is 3.50. The fraction of sp³-hybridized carbons (Fsp3) is 0.333. The Morgan fingerprint density at radius 3 is 2.87 bits per heavy atom. The first-order valence-electron chi connectivity index (χ1n) is 7.02. The lowest BCUT2D eigenvalue weighted by Gasteiger charge is -2.36. The maximum absolute atomic E-state index is 13.9. The third-order valence-corrected chi connectivity index (χ3v) is 3.80. The van der Waals surface area contributed by atoms with Crippen LogP contribution in [0.3, 0.4) is 0 Å². The normalized spacial score (nSPS) is 17.7. The summed E-state index contributed by atoms with van der Waals surface area (Å²) in [5.74, 6) is -2.62. The fourth-order valence-corrected chi connectivity index (χ4v) is 2.68. The number of aryl methyl sites for hydroxylation is 1. The van der Waals surface area contributed by atoms with Gasteiger partial charge in [-0.1, -0.05) is 6.07 Å². The molecule has 2 heterocycles. The topological polar surface area (TPSA) is 50.2 Å². The van der Waals surface area contributed by atoms with Crippen LogP contribution in [-0.4, -0.2) is 40.2 Å². The Kier molecular flexibility index (Phi) is 5.33. The van der Waals surface area contributed by atoms with Crippen LogP contribution in [0.15, 0.2) is 30.6 Å². The molecule has 0 radical (unpaired) electrons. The van der Waals surface area contributed by atoms with E-state index in [1.54, 1.807) is 22.8 Å². The van der Waals surface area contributed by atoms with E-state index in [2.05, 4.69) is 10.4 Å². The lowest BCUT2D eigenvalue weighted by Crippen LogP contribution is -2.48. The zero-order valence-electron chi connectivity index (χ0n) is 12.5. The van der Waals surface area contributed by atoms with Crippen molar-refractivity contribution in [1.29, 1.82) is 0 Å². The number of piperazine rings is 1. The van der Waals surface area contributed by atoms with Crippen LogP contribution < -0.4 is 5.32 Å². The molecule has 23 heavy (non-hydrogen) atoms. The highest BCUT2D eigenvalue weighted by Gasteiger charge is 2.31.